The standard InChI is InChI=1S/C20H16N2O3S/c1-12-15(11-21)18(13-7-3-5-9-16(13)25-2)20-19(22-12)14-8-4-6-10-17(14)26(20,23)24/h3-10,18,22H,1-2H3. The van der Waals surface area contributed by atoms with Gasteiger partial charge < -0.3 is 10.1 Å². The highest BCUT2D eigenvalue weighted by atomic mass is 32.2. The summed E-state index contributed by atoms with van der Waals surface area (Å²) >= 11 is 0. The predicted octanol–water partition coefficient (Wildman–Crippen LogP) is 3.34. The minimum absolute atomic E-state index is 0.213. The molecule has 2 aromatic carbocycles. The fraction of sp³-hybridized carbons (Fsp3) is 0.150. The second kappa shape index (κ2) is 5.75. The maximum Gasteiger partial charge on any atom is 0.206 e. The Hall–Kier alpha value is -3.04. The molecular weight excluding hydrogens is 348 g/mol. The van der Waals surface area contributed by atoms with Crippen LogP contribution in [0.25, 0.3) is 5.70 Å². The van der Waals surface area contributed by atoms with E-state index in [9.17, 15) is 13.7 Å². The number of hydrogen-bond donors (Lipinski definition) is 1. The van der Waals surface area contributed by atoms with Gasteiger partial charge in [0, 0.05) is 16.8 Å². The van der Waals surface area contributed by atoms with Crippen LogP contribution >= 0.6 is 0 Å². The average Bonchev–Trinajstić information content (AvgIpc) is 2.88. The third-order valence-electron chi connectivity index (χ3n) is 4.82. The Labute approximate surface area is 152 Å². The van der Waals surface area contributed by atoms with E-state index in [1.807, 2.05) is 24.3 Å². The molecule has 0 aromatic heterocycles. The van der Waals surface area contributed by atoms with E-state index in [4.69, 9.17) is 4.74 Å². The molecule has 5 nitrogen and oxygen atoms in total. The first-order chi connectivity index (χ1) is 12.5. The van der Waals surface area contributed by atoms with Crippen LogP contribution in [-0.2, 0) is 9.84 Å². The number of benzene rings is 2. The molecule has 1 atom stereocenters. The maximum atomic E-state index is 13.3. The lowest BCUT2D eigenvalue weighted by Gasteiger charge is -2.27. The van der Waals surface area contributed by atoms with Gasteiger partial charge in [-0.1, -0.05) is 36.4 Å². The molecule has 0 bridgehead atoms. The highest BCUT2D eigenvalue weighted by molar-refractivity contribution is 7.96. The Bertz CT molecular complexity index is 1140. The van der Waals surface area contributed by atoms with Crippen LogP contribution in [0.5, 0.6) is 5.75 Å². The van der Waals surface area contributed by atoms with Crippen molar-refractivity contribution in [3.8, 4) is 11.8 Å². The molecule has 2 aromatic rings. The monoisotopic (exact) mass is 364 g/mol. The Morgan fingerprint density at radius 1 is 1.12 bits per heavy atom. The van der Waals surface area contributed by atoms with E-state index >= 15 is 0 Å². The van der Waals surface area contributed by atoms with Crippen molar-refractivity contribution in [2.45, 2.75) is 17.7 Å². The number of allylic oxidation sites excluding steroid dienone is 3. The Balaban J connectivity index is 2.06. The van der Waals surface area contributed by atoms with Crippen molar-refractivity contribution in [2.75, 3.05) is 7.11 Å². The third kappa shape index (κ3) is 2.11. The zero-order chi connectivity index (χ0) is 18.5. The van der Waals surface area contributed by atoms with Crippen LogP contribution in [0.2, 0.25) is 0 Å². The molecule has 0 saturated carbocycles. The van der Waals surface area contributed by atoms with Crippen molar-refractivity contribution in [1.29, 1.82) is 5.26 Å². The van der Waals surface area contributed by atoms with Crippen molar-refractivity contribution in [3.63, 3.8) is 0 Å². The first-order valence-corrected chi connectivity index (χ1v) is 9.58. The number of methoxy groups -OCH3 is 1. The predicted molar refractivity (Wildman–Crippen MR) is 97.7 cm³/mol. The van der Waals surface area contributed by atoms with Gasteiger partial charge in [-0.15, -0.1) is 0 Å². The van der Waals surface area contributed by atoms with Crippen LogP contribution in [-0.4, -0.2) is 15.5 Å². The van der Waals surface area contributed by atoms with E-state index in [0.29, 0.717) is 33.8 Å². The fourth-order valence-electron chi connectivity index (χ4n) is 3.67. The summed E-state index contributed by atoms with van der Waals surface area (Å²) in [6.45, 7) is 1.79. The number of nitrogens with one attached hydrogen (secondary N) is 1. The lowest BCUT2D eigenvalue weighted by Crippen LogP contribution is -2.24. The Morgan fingerprint density at radius 3 is 2.54 bits per heavy atom. The Kier molecular flexibility index (Phi) is 3.63. The molecule has 2 aliphatic heterocycles. The van der Waals surface area contributed by atoms with E-state index in [1.165, 1.54) is 7.11 Å². The van der Waals surface area contributed by atoms with Crippen LogP contribution in [0, 0.1) is 11.3 Å². The summed E-state index contributed by atoms with van der Waals surface area (Å²) in [4.78, 5) is 0.481. The molecule has 0 spiro atoms. The van der Waals surface area contributed by atoms with E-state index in [2.05, 4.69) is 11.4 Å². The molecule has 0 amide bonds. The van der Waals surface area contributed by atoms with E-state index in [1.54, 1.807) is 31.2 Å². The summed E-state index contributed by atoms with van der Waals surface area (Å²) in [6, 6.07) is 16.3. The quantitative estimate of drug-likeness (QED) is 0.884. The van der Waals surface area contributed by atoms with E-state index in [0.717, 1.165) is 0 Å². The molecule has 2 aliphatic rings. The van der Waals surface area contributed by atoms with Gasteiger partial charge in [-0.3, -0.25) is 0 Å². The number of nitrogens with zero attached hydrogens (tertiary/aromatic N) is 1. The van der Waals surface area contributed by atoms with Crippen molar-refractivity contribution in [3.05, 3.63) is 75.8 Å². The molecule has 2 heterocycles. The van der Waals surface area contributed by atoms with Gasteiger partial charge in [-0.2, -0.15) is 5.26 Å². The van der Waals surface area contributed by atoms with E-state index < -0.39 is 15.8 Å². The lowest BCUT2D eigenvalue weighted by molar-refractivity contribution is 0.409. The van der Waals surface area contributed by atoms with Gasteiger partial charge in [0.05, 0.1) is 40.2 Å². The number of hydrogen-bond acceptors (Lipinski definition) is 5. The normalized spacial score (nSPS) is 20.1. The third-order valence-corrected chi connectivity index (χ3v) is 6.77. The summed E-state index contributed by atoms with van der Waals surface area (Å²) < 4.78 is 32.0. The highest BCUT2D eigenvalue weighted by Crippen LogP contribution is 2.51. The van der Waals surface area contributed by atoms with Gasteiger partial charge in [-0.05, 0) is 19.1 Å². The SMILES string of the molecule is COc1ccccc1C1C(C#N)=C(C)NC2=C1S(=O)(=O)c1ccccc12. The number of fused-ring (bicyclic) bond motifs is 2. The second-order valence-corrected chi connectivity index (χ2v) is 8.08. The van der Waals surface area contributed by atoms with Crippen LogP contribution in [0.15, 0.2) is 69.6 Å². The first-order valence-electron chi connectivity index (χ1n) is 8.10. The Morgan fingerprint density at radius 2 is 1.81 bits per heavy atom. The zero-order valence-corrected chi connectivity index (χ0v) is 15.1. The molecule has 1 unspecified atom stereocenters. The maximum absolute atomic E-state index is 13.3. The van der Waals surface area contributed by atoms with Crippen LogP contribution in [0.4, 0.5) is 0 Å². The molecule has 0 saturated heterocycles. The van der Waals surface area contributed by atoms with Crippen molar-refractivity contribution in [1.82, 2.24) is 5.32 Å². The summed E-state index contributed by atoms with van der Waals surface area (Å²) in [7, 11) is -2.18. The summed E-state index contributed by atoms with van der Waals surface area (Å²) in [5, 5.41) is 12.9. The van der Waals surface area contributed by atoms with Crippen molar-refractivity contribution in [2.24, 2.45) is 0 Å². The minimum atomic E-state index is -3.72. The molecule has 6 heteroatoms. The van der Waals surface area contributed by atoms with E-state index in [-0.39, 0.29) is 9.80 Å². The summed E-state index contributed by atoms with van der Waals surface area (Å²) in [6.07, 6.45) is 0. The molecule has 0 fully saturated rings. The molecular formula is C20H16N2O3S. The smallest absolute Gasteiger partial charge is 0.206 e. The molecule has 1 N–H and O–H groups in total. The molecule has 26 heavy (non-hydrogen) atoms. The molecule has 4 rings (SSSR count). The van der Waals surface area contributed by atoms with Crippen molar-refractivity contribution < 1.29 is 13.2 Å². The van der Waals surface area contributed by atoms with Crippen LogP contribution < -0.4 is 10.1 Å². The number of para-hydroxylation sites is 1. The van der Waals surface area contributed by atoms with Crippen LogP contribution in [0.3, 0.4) is 0 Å². The number of rotatable bonds is 2. The largest absolute Gasteiger partial charge is 0.496 e. The number of ether oxygens (including phenoxy) is 1. The average molecular weight is 364 g/mol. The van der Waals surface area contributed by atoms with Crippen LogP contribution in [0.1, 0.15) is 24.0 Å². The summed E-state index contributed by atoms with van der Waals surface area (Å²) in [5.41, 5.74) is 2.88. The first kappa shape index (κ1) is 16.4. The van der Waals surface area contributed by atoms with Gasteiger partial charge in [-0.25, -0.2) is 8.42 Å². The number of dihydropyridines is 1. The van der Waals surface area contributed by atoms with Gasteiger partial charge in [0.1, 0.15) is 5.75 Å². The van der Waals surface area contributed by atoms with Gasteiger partial charge in [0.15, 0.2) is 0 Å². The minimum Gasteiger partial charge on any atom is -0.496 e. The zero-order valence-electron chi connectivity index (χ0n) is 14.3. The molecule has 0 aliphatic carbocycles. The number of sulfone groups is 1. The number of nitriles is 1. The fourth-order valence-corrected chi connectivity index (χ4v) is 5.61. The molecule has 0 radical (unpaired) electrons. The second-order valence-electron chi connectivity index (χ2n) is 6.19. The van der Waals surface area contributed by atoms with Gasteiger partial charge in [0.2, 0.25) is 9.84 Å². The highest BCUT2D eigenvalue weighted by Gasteiger charge is 2.45. The lowest BCUT2D eigenvalue weighted by atomic mass is 9.85. The summed E-state index contributed by atoms with van der Waals surface area (Å²) in [5.74, 6) is -0.150. The topological polar surface area (TPSA) is 79.2 Å². The molecule has 130 valence electrons. The van der Waals surface area contributed by atoms with Gasteiger partial charge in [0.25, 0.3) is 0 Å². The van der Waals surface area contributed by atoms with Crippen molar-refractivity contribution >= 4 is 15.5 Å². The van der Waals surface area contributed by atoms with Gasteiger partial charge >= 0.3 is 0 Å².